The van der Waals surface area contributed by atoms with Gasteiger partial charge in [-0.05, 0) is 6.92 Å². The molecule has 4 N–H and O–H groups in total. The molecule has 1 amide bonds. The van der Waals surface area contributed by atoms with E-state index in [0.717, 1.165) is 0 Å². The number of amides is 1. The van der Waals surface area contributed by atoms with Gasteiger partial charge in [-0.3, -0.25) is 4.79 Å². The molecule has 0 aliphatic rings. The van der Waals surface area contributed by atoms with Gasteiger partial charge in [-0.1, -0.05) is 13.8 Å². The normalized spacial score (nSPS) is 14.0. The molecule has 0 fully saturated rings. The lowest BCUT2D eigenvalue weighted by molar-refractivity contribution is -0.123. The van der Waals surface area contributed by atoms with Crippen molar-refractivity contribution in [2.75, 3.05) is 7.05 Å². The van der Waals surface area contributed by atoms with E-state index >= 15 is 0 Å². The molecule has 0 aromatic rings. The number of carbonyl (C=O) groups is 1. The van der Waals surface area contributed by atoms with Crippen LogP contribution in [0.25, 0.3) is 0 Å². The fourth-order valence-electron chi connectivity index (χ4n) is 0.386. The van der Waals surface area contributed by atoms with Crippen molar-refractivity contribution >= 4 is 5.91 Å². The third-order valence-electron chi connectivity index (χ3n) is 1.07. The first kappa shape index (κ1) is 13.0. The quantitative estimate of drug-likeness (QED) is 0.511. The highest BCUT2D eigenvalue weighted by Crippen LogP contribution is 1.86. The summed E-state index contributed by atoms with van der Waals surface area (Å²) in [6.45, 7) is 5.47. The van der Waals surface area contributed by atoms with Crippen LogP contribution < -0.4 is 11.1 Å². The van der Waals surface area contributed by atoms with Crippen LogP contribution in [-0.2, 0) is 4.79 Å². The van der Waals surface area contributed by atoms with E-state index in [1.165, 1.54) is 14.0 Å². The first-order valence-electron chi connectivity index (χ1n) is 3.75. The van der Waals surface area contributed by atoms with Crippen LogP contribution in [0.4, 0.5) is 0 Å². The van der Waals surface area contributed by atoms with Crippen LogP contribution in [0.2, 0.25) is 0 Å². The van der Waals surface area contributed by atoms with Gasteiger partial charge in [-0.25, -0.2) is 0 Å². The summed E-state index contributed by atoms with van der Waals surface area (Å²) < 4.78 is 0. The number of hydrogen-bond acceptors (Lipinski definition) is 3. The van der Waals surface area contributed by atoms with Gasteiger partial charge < -0.3 is 16.2 Å². The molecule has 68 valence electrons. The van der Waals surface area contributed by atoms with E-state index in [0.29, 0.717) is 0 Å². The van der Waals surface area contributed by atoms with Crippen LogP contribution in [0.1, 0.15) is 20.8 Å². The SMILES string of the molecule is CC.CNC(=O)C(N)C(C)O. The molecular weight excluding hydrogens is 144 g/mol. The number of hydrogen-bond donors (Lipinski definition) is 3. The molecule has 0 spiro atoms. The van der Waals surface area contributed by atoms with Crippen LogP contribution in [0.5, 0.6) is 0 Å². The Balaban J connectivity index is 0. The standard InChI is InChI=1S/C5H12N2O2.C2H6/c1-3(8)4(6)5(9)7-2;1-2/h3-4,8H,6H2,1-2H3,(H,7,9);1-2H3. The fraction of sp³-hybridized carbons (Fsp3) is 0.857. The Kier molecular flexibility index (Phi) is 8.87. The molecule has 0 aromatic heterocycles. The van der Waals surface area contributed by atoms with Crippen molar-refractivity contribution < 1.29 is 9.90 Å². The largest absolute Gasteiger partial charge is 0.391 e. The van der Waals surface area contributed by atoms with Crippen LogP contribution in [-0.4, -0.2) is 30.2 Å². The zero-order valence-electron chi connectivity index (χ0n) is 7.59. The lowest BCUT2D eigenvalue weighted by Crippen LogP contribution is -2.45. The lowest BCUT2D eigenvalue weighted by atomic mass is 10.2. The summed E-state index contributed by atoms with van der Waals surface area (Å²) in [5.41, 5.74) is 5.21. The van der Waals surface area contributed by atoms with Crippen molar-refractivity contribution in [1.82, 2.24) is 5.32 Å². The summed E-state index contributed by atoms with van der Waals surface area (Å²) in [4.78, 5) is 10.6. The predicted octanol–water partition coefficient (Wildman–Crippen LogP) is -0.533. The zero-order valence-corrected chi connectivity index (χ0v) is 7.59. The molecule has 11 heavy (non-hydrogen) atoms. The summed E-state index contributed by atoms with van der Waals surface area (Å²) in [6.07, 6.45) is -0.787. The molecule has 0 saturated carbocycles. The average Bonchev–Trinajstić information content (AvgIpc) is 2.05. The maximum absolute atomic E-state index is 10.6. The van der Waals surface area contributed by atoms with Crippen molar-refractivity contribution in [2.45, 2.75) is 32.9 Å². The minimum atomic E-state index is -0.810. The van der Waals surface area contributed by atoms with Gasteiger partial charge in [0.25, 0.3) is 0 Å². The molecule has 0 saturated heterocycles. The second-order valence-corrected chi connectivity index (χ2v) is 1.88. The van der Waals surface area contributed by atoms with Crippen LogP contribution in [0, 0.1) is 0 Å². The Morgan fingerprint density at radius 1 is 1.55 bits per heavy atom. The zero-order chi connectivity index (χ0) is 9.44. The first-order valence-corrected chi connectivity index (χ1v) is 3.75. The van der Waals surface area contributed by atoms with Crippen molar-refractivity contribution in [2.24, 2.45) is 5.73 Å². The van der Waals surface area contributed by atoms with Crippen LogP contribution >= 0.6 is 0 Å². The van der Waals surface area contributed by atoms with Crippen molar-refractivity contribution in [1.29, 1.82) is 0 Å². The number of nitrogens with two attached hydrogens (primary N) is 1. The highest BCUT2D eigenvalue weighted by molar-refractivity contribution is 5.81. The molecule has 0 rings (SSSR count). The topological polar surface area (TPSA) is 75.4 Å². The molecule has 4 heteroatoms. The van der Waals surface area contributed by atoms with Gasteiger partial charge in [0.05, 0.1) is 6.10 Å². The average molecular weight is 162 g/mol. The second-order valence-electron chi connectivity index (χ2n) is 1.88. The number of rotatable bonds is 2. The summed E-state index contributed by atoms with van der Waals surface area (Å²) in [5, 5.41) is 11.1. The van der Waals surface area contributed by atoms with E-state index in [4.69, 9.17) is 10.8 Å². The summed E-state index contributed by atoms with van der Waals surface area (Å²) >= 11 is 0. The Labute approximate surface area is 67.8 Å². The van der Waals surface area contributed by atoms with Gasteiger partial charge in [0.2, 0.25) is 5.91 Å². The molecule has 0 aliphatic heterocycles. The van der Waals surface area contributed by atoms with E-state index in [9.17, 15) is 4.79 Å². The van der Waals surface area contributed by atoms with E-state index in [2.05, 4.69) is 5.32 Å². The second kappa shape index (κ2) is 7.50. The Morgan fingerprint density at radius 3 is 2.00 bits per heavy atom. The minimum Gasteiger partial charge on any atom is -0.391 e. The number of nitrogens with one attached hydrogen (secondary N) is 1. The predicted molar refractivity (Wildman–Crippen MR) is 45.1 cm³/mol. The third-order valence-corrected chi connectivity index (χ3v) is 1.07. The van der Waals surface area contributed by atoms with Crippen molar-refractivity contribution in [3.05, 3.63) is 0 Å². The molecule has 0 heterocycles. The third kappa shape index (κ3) is 5.82. The summed E-state index contributed by atoms with van der Waals surface area (Å²) in [6, 6.07) is -0.810. The molecule has 0 radical (unpaired) electrons. The maximum Gasteiger partial charge on any atom is 0.239 e. The van der Waals surface area contributed by atoms with Gasteiger partial charge in [-0.15, -0.1) is 0 Å². The Bertz CT molecular complexity index is 105. The number of aliphatic hydroxyl groups excluding tert-OH is 1. The van der Waals surface area contributed by atoms with Crippen molar-refractivity contribution in [3.8, 4) is 0 Å². The molecule has 2 unspecified atom stereocenters. The van der Waals surface area contributed by atoms with E-state index in [-0.39, 0.29) is 5.91 Å². The molecular formula is C7H18N2O2. The van der Waals surface area contributed by atoms with E-state index < -0.39 is 12.1 Å². The molecule has 0 aliphatic carbocycles. The number of aliphatic hydroxyl groups is 1. The van der Waals surface area contributed by atoms with E-state index in [1.54, 1.807) is 0 Å². The number of carbonyl (C=O) groups excluding carboxylic acids is 1. The molecule has 2 atom stereocenters. The fourth-order valence-corrected chi connectivity index (χ4v) is 0.386. The minimum absolute atomic E-state index is 0.343. The van der Waals surface area contributed by atoms with Crippen LogP contribution in [0.3, 0.4) is 0 Å². The highest BCUT2D eigenvalue weighted by atomic mass is 16.3. The van der Waals surface area contributed by atoms with Crippen LogP contribution in [0.15, 0.2) is 0 Å². The highest BCUT2D eigenvalue weighted by Gasteiger charge is 2.16. The van der Waals surface area contributed by atoms with Gasteiger partial charge in [-0.2, -0.15) is 0 Å². The Morgan fingerprint density at radius 2 is 1.91 bits per heavy atom. The maximum atomic E-state index is 10.6. The molecule has 4 nitrogen and oxygen atoms in total. The lowest BCUT2D eigenvalue weighted by Gasteiger charge is -2.11. The smallest absolute Gasteiger partial charge is 0.239 e. The first-order chi connectivity index (χ1) is 5.09. The van der Waals surface area contributed by atoms with E-state index in [1.807, 2.05) is 13.8 Å². The summed E-state index contributed by atoms with van der Waals surface area (Å²) in [7, 11) is 1.48. The molecule has 0 aromatic carbocycles. The van der Waals surface area contributed by atoms with Gasteiger partial charge in [0.1, 0.15) is 6.04 Å². The van der Waals surface area contributed by atoms with Gasteiger partial charge in [0, 0.05) is 7.05 Å². The summed E-state index contributed by atoms with van der Waals surface area (Å²) in [5.74, 6) is -0.343. The Hall–Kier alpha value is -0.610. The monoisotopic (exact) mass is 162 g/mol. The number of likely N-dealkylation sites (N-methyl/N-ethyl adjacent to an activating group) is 1. The van der Waals surface area contributed by atoms with Gasteiger partial charge in [0.15, 0.2) is 0 Å². The molecule has 0 bridgehead atoms. The van der Waals surface area contributed by atoms with Crippen molar-refractivity contribution in [3.63, 3.8) is 0 Å². The van der Waals surface area contributed by atoms with Gasteiger partial charge >= 0.3 is 0 Å².